The van der Waals surface area contributed by atoms with Crippen LogP contribution in [0.5, 0.6) is 5.75 Å². The van der Waals surface area contributed by atoms with Gasteiger partial charge >= 0.3 is 6.09 Å². The number of carbonyl (C=O) groups excluding carboxylic acids is 1. The van der Waals surface area contributed by atoms with Gasteiger partial charge in [0.15, 0.2) is 0 Å². The van der Waals surface area contributed by atoms with E-state index < -0.39 is 5.60 Å². The molecule has 6 heteroatoms. The standard InChI is InChI=1S/C27H35ClN2O3/c1-4-29-15-13-27(14-16-29)25(17-21-5-9-23(28)10-6-21)30(26(31)33-27)18-22-7-11-24(12-8-22)32-19-20(2)3/h5-12,20,25H,4,13-19H2,1-3H3. The van der Waals surface area contributed by atoms with Gasteiger partial charge in [0.25, 0.3) is 0 Å². The SMILES string of the molecule is CCN1CCC2(CC1)OC(=O)N(Cc1ccc(OCC(C)C)cc1)C2Cc1ccc(Cl)cc1. The lowest BCUT2D eigenvalue weighted by atomic mass is 9.81. The molecule has 0 aliphatic carbocycles. The molecule has 33 heavy (non-hydrogen) atoms. The van der Waals surface area contributed by atoms with Gasteiger partial charge in [-0.15, -0.1) is 0 Å². The van der Waals surface area contributed by atoms with Gasteiger partial charge in [-0.3, -0.25) is 4.90 Å². The van der Waals surface area contributed by atoms with Gasteiger partial charge in [0.05, 0.1) is 12.6 Å². The molecule has 2 aromatic carbocycles. The van der Waals surface area contributed by atoms with E-state index in [9.17, 15) is 4.79 Å². The maximum absolute atomic E-state index is 13.1. The Hall–Kier alpha value is -2.24. The van der Waals surface area contributed by atoms with Crippen LogP contribution in [0.15, 0.2) is 48.5 Å². The van der Waals surface area contributed by atoms with Crippen molar-refractivity contribution in [1.29, 1.82) is 0 Å². The monoisotopic (exact) mass is 470 g/mol. The highest BCUT2D eigenvalue weighted by atomic mass is 35.5. The van der Waals surface area contributed by atoms with Gasteiger partial charge in [0, 0.05) is 37.5 Å². The van der Waals surface area contributed by atoms with E-state index in [1.54, 1.807) is 0 Å². The first-order valence-corrected chi connectivity index (χ1v) is 12.4. The van der Waals surface area contributed by atoms with Gasteiger partial charge in [0.1, 0.15) is 11.4 Å². The molecule has 0 radical (unpaired) electrons. The molecule has 178 valence electrons. The Morgan fingerprint density at radius 3 is 2.30 bits per heavy atom. The molecule has 4 rings (SSSR count). The van der Waals surface area contributed by atoms with E-state index in [4.69, 9.17) is 21.1 Å². The van der Waals surface area contributed by atoms with Gasteiger partial charge in [0.2, 0.25) is 0 Å². The summed E-state index contributed by atoms with van der Waals surface area (Å²) in [7, 11) is 0. The average molecular weight is 471 g/mol. The zero-order valence-corrected chi connectivity index (χ0v) is 20.7. The van der Waals surface area contributed by atoms with Crippen LogP contribution in [-0.2, 0) is 17.7 Å². The summed E-state index contributed by atoms with van der Waals surface area (Å²) in [5.74, 6) is 1.34. The number of hydrogen-bond donors (Lipinski definition) is 0. The van der Waals surface area contributed by atoms with Crippen LogP contribution < -0.4 is 4.74 Å². The molecule has 2 fully saturated rings. The van der Waals surface area contributed by atoms with E-state index in [1.807, 2.05) is 41.3 Å². The third-order valence-electron chi connectivity index (χ3n) is 6.86. The molecule has 5 nitrogen and oxygen atoms in total. The molecule has 2 aliphatic rings. The molecule has 1 amide bonds. The van der Waals surface area contributed by atoms with Crippen LogP contribution in [0.25, 0.3) is 0 Å². The van der Waals surface area contributed by atoms with Crippen molar-refractivity contribution in [2.75, 3.05) is 26.2 Å². The fraction of sp³-hybridized carbons (Fsp3) is 0.519. The average Bonchev–Trinajstić information content (AvgIpc) is 3.05. The highest BCUT2D eigenvalue weighted by Crippen LogP contribution is 2.41. The van der Waals surface area contributed by atoms with Gasteiger partial charge in [-0.05, 0) is 54.3 Å². The lowest BCUT2D eigenvalue weighted by molar-refractivity contribution is -0.0206. The Morgan fingerprint density at radius 1 is 1.06 bits per heavy atom. The summed E-state index contributed by atoms with van der Waals surface area (Å²) in [6.07, 6.45) is 2.27. The molecule has 1 unspecified atom stereocenters. The summed E-state index contributed by atoms with van der Waals surface area (Å²) in [6.45, 7) is 10.6. The molecule has 0 saturated carbocycles. The quantitative estimate of drug-likeness (QED) is 0.489. The van der Waals surface area contributed by atoms with Crippen molar-refractivity contribution >= 4 is 17.7 Å². The normalized spacial score (nSPS) is 20.5. The molecule has 0 bridgehead atoms. The Bertz CT molecular complexity index is 921. The number of halogens is 1. The smallest absolute Gasteiger partial charge is 0.411 e. The van der Waals surface area contributed by atoms with Crippen molar-refractivity contribution < 1.29 is 14.3 Å². The second-order valence-electron chi connectivity index (χ2n) is 9.69. The van der Waals surface area contributed by atoms with Gasteiger partial charge in [-0.1, -0.05) is 56.6 Å². The molecule has 1 atom stereocenters. The summed E-state index contributed by atoms with van der Waals surface area (Å²) >= 11 is 6.11. The number of hydrogen-bond acceptors (Lipinski definition) is 4. The Kier molecular flexibility index (Phi) is 7.50. The summed E-state index contributed by atoms with van der Waals surface area (Å²) in [5, 5.41) is 0.722. The van der Waals surface area contributed by atoms with Crippen LogP contribution in [0.1, 0.15) is 44.7 Å². The van der Waals surface area contributed by atoms with Crippen molar-refractivity contribution in [3.63, 3.8) is 0 Å². The molecule has 0 N–H and O–H groups in total. The van der Waals surface area contributed by atoms with Crippen molar-refractivity contribution in [3.8, 4) is 5.75 Å². The lowest BCUT2D eigenvalue weighted by Crippen LogP contribution is -2.53. The summed E-state index contributed by atoms with van der Waals surface area (Å²) in [4.78, 5) is 17.5. The minimum Gasteiger partial charge on any atom is -0.493 e. The highest BCUT2D eigenvalue weighted by Gasteiger charge is 2.54. The number of ether oxygens (including phenoxy) is 2. The summed E-state index contributed by atoms with van der Waals surface area (Å²) in [5.41, 5.74) is 1.80. The Morgan fingerprint density at radius 2 is 1.70 bits per heavy atom. The van der Waals surface area contributed by atoms with Crippen LogP contribution in [0.4, 0.5) is 4.79 Å². The highest BCUT2D eigenvalue weighted by molar-refractivity contribution is 6.30. The van der Waals surface area contributed by atoms with Crippen LogP contribution in [0, 0.1) is 5.92 Å². The minimum absolute atomic E-state index is 0.0120. The lowest BCUT2D eigenvalue weighted by Gasteiger charge is -2.41. The van der Waals surface area contributed by atoms with Crippen LogP contribution >= 0.6 is 11.6 Å². The van der Waals surface area contributed by atoms with Crippen LogP contribution in [0.3, 0.4) is 0 Å². The fourth-order valence-corrected chi connectivity index (χ4v) is 4.99. The van der Waals surface area contributed by atoms with Crippen molar-refractivity contribution in [2.24, 2.45) is 5.92 Å². The first-order valence-electron chi connectivity index (χ1n) is 12.1. The Labute approximate surface area is 202 Å². The zero-order chi connectivity index (χ0) is 23.4. The molecule has 2 aliphatic heterocycles. The molecule has 1 spiro atoms. The number of rotatable bonds is 8. The first kappa shape index (κ1) is 23.9. The van der Waals surface area contributed by atoms with E-state index in [2.05, 4.69) is 37.8 Å². The van der Waals surface area contributed by atoms with Gasteiger partial charge in [-0.2, -0.15) is 0 Å². The van der Waals surface area contributed by atoms with Crippen LogP contribution in [-0.4, -0.2) is 53.8 Å². The predicted molar refractivity (Wildman–Crippen MR) is 132 cm³/mol. The van der Waals surface area contributed by atoms with Gasteiger partial charge < -0.3 is 14.4 Å². The fourth-order valence-electron chi connectivity index (χ4n) is 4.86. The summed E-state index contributed by atoms with van der Waals surface area (Å²) < 4.78 is 12.0. The van der Waals surface area contributed by atoms with Crippen molar-refractivity contribution in [3.05, 3.63) is 64.7 Å². The topological polar surface area (TPSA) is 42.0 Å². The molecular formula is C27H35ClN2O3. The molecule has 2 heterocycles. The van der Waals surface area contributed by atoms with E-state index in [0.717, 1.165) is 55.2 Å². The second kappa shape index (κ2) is 10.4. The van der Waals surface area contributed by atoms with Crippen LogP contribution in [0.2, 0.25) is 5.02 Å². The zero-order valence-electron chi connectivity index (χ0n) is 19.9. The number of nitrogens with zero attached hydrogens (tertiary/aromatic N) is 2. The Balaban J connectivity index is 1.54. The van der Waals surface area contributed by atoms with Gasteiger partial charge in [-0.25, -0.2) is 4.79 Å². The number of benzene rings is 2. The number of likely N-dealkylation sites (tertiary alicyclic amines) is 1. The predicted octanol–water partition coefficient (Wildman–Crippen LogP) is 5.79. The largest absolute Gasteiger partial charge is 0.493 e. The third kappa shape index (κ3) is 5.64. The van der Waals surface area contributed by atoms with Crippen molar-refractivity contribution in [1.82, 2.24) is 9.80 Å². The van der Waals surface area contributed by atoms with E-state index >= 15 is 0 Å². The molecule has 2 aromatic rings. The number of carbonyl (C=O) groups is 1. The minimum atomic E-state index is -0.442. The maximum atomic E-state index is 13.1. The number of piperidine rings is 1. The molecule has 2 saturated heterocycles. The molecule has 0 aromatic heterocycles. The summed E-state index contributed by atoms with van der Waals surface area (Å²) in [6, 6.07) is 16.0. The van der Waals surface area contributed by atoms with Crippen molar-refractivity contribution in [2.45, 2.75) is 58.2 Å². The third-order valence-corrected chi connectivity index (χ3v) is 7.11. The number of amides is 1. The first-order chi connectivity index (χ1) is 15.9. The van der Waals surface area contributed by atoms with E-state index in [1.165, 1.54) is 5.56 Å². The second-order valence-corrected chi connectivity index (χ2v) is 10.1. The van der Waals surface area contributed by atoms with E-state index in [-0.39, 0.29) is 12.1 Å². The maximum Gasteiger partial charge on any atom is 0.411 e. The molecular weight excluding hydrogens is 436 g/mol. The van der Waals surface area contributed by atoms with E-state index in [0.29, 0.717) is 19.1 Å².